The van der Waals surface area contributed by atoms with Crippen LogP contribution in [-0.2, 0) is 42.9 Å². The maximum Gasteiger partial charge on any atom is 0.344 e. The van der Waals surface area contributed by atoms with Crippen LogP contribution in [0.4, 0.5) is 0 Å². The van der Waals surface area contributed by atoms with Crippen LogP contribution in [-0.4, -0.2) is 55.6 Å². The molecule has 6 atom stereocenters. The number of esters is 4. The molecule has 6 unspecified atom stereocenters. The summed E-state index contributed by atoms with van der Waals surface area (Å²) in [7, 11) is 0. The lowest BCUT2D eigenvalue weighted by Crippen LogP contribution is -2.49. The van der Waals surface area contributed by atoms with Gasteiger partial charge in [0.15, 0.2) is 12.0 Å². The molecule has 0 N–H and O–H groups in total. The van der Waals surface area contributed by atoms with Crippen molar-refractivity contribution in [3.63, 3.8) is 0 Å². The number of hydrogen-bond acceptors (Lipinski definition) is 9. The Morgan fingerprint density at radius 1 is 1.06 bits per heavy atom. The van der Waals surface area contributed by atoms with E-state index in [1.807, 2.05) is 34.6 Å². The zero-order valence-electron chi connectivity index (χ0n) is 22.7. The molecule has 9 heteroatoms. The molecule has 3 aliphatic rings. The van der Waals surface area contributed by atoms with E-state index >= 15 is 0 Å². The third kappa shape index (κ3) is 4.63. The van der Waals surface area contributed by atoms with E-state index in [2.05, 4.69) is 0 Å². The van der Waals surface area contributed by atoms with E-state index in [-0.39, 0.29) is 17.8 Å². The number of carbonyl (C=O) groups excluding carboxylic acids is 4. The van der Waals surface area contributed by atoms with E-state index in [1.54, 1.807) is 13.8 Å². The number of rotatable bonds is 13. The van der Waals surface area contributed by atoms with Crippen LogP contribution in [0.1, 0.15) is 87.0 Å². The minimum absolute atomic E-state index is 0.197. The van der Waals surface area contributed by atoms with Crippen molar-refractivity contribution in [1.82, 2.24) is 0 Å². The minimum atomic E-state index is -1.40. The predicted molar refractivity (Wildman–Crippen MR) is 128 cm³/mol. The Hall–Kier alpha value is -2.16. The van der Waals surface area contributed by atoms with Crippen LogP contribution in [0.5, 0.6) is 0 Å². The molecular formula is C27H42O9. The number of carbonyl (C=O) groups is 4. The Balaban J connectivity index is 1.69. The highest BCUT2D eigenvalue weighted by Gasteiger charge is 2.75. The molecule has 0 amide bonds. The summed E-state index contributed by atoms with van der Waals surface area (Å²) in [6, 6.07) is 0. The lowest BCUT2D eigenvalue weighted by Gasteiger charge is -2.39. The number of fused-ring (bicyclic) bond motifs is 1. The first kappa shape index (κ1) is 28.4. The van der Waals surface area contributed by atoms with Gasteiger partial charge in [0.1, 0.15) is 12.2 Å². The summed E-state index contributed by atoms with van der Waals surface area (Å²) in [4.78, 5) is 51.2. The van der Waals surface area contributed by atoms with Crippen molar-refractivity contribution < 1.29 is 42.9 Å². The van der Waals surface area contributed by atoms with Gasteiger partial charge in [0.05, 0.1) is 5.41 Å². The Kier molecular flexibility index (Phi) is 8.43. The highest BCUT2D eigenvalue weighted by molar-refractivity contribution is 6.03. The van der Waals surface area contributed by atoms with E-state index in [0.29, 0.717) is 19.4 Å². The largest absolute Gasteiger partial charge is 0.457 e. The summed E-state index contributed by atoms with van der Waals surface area (Å²) >= 11 is 0. The van der Waals surface area contributed by atoms with Crippen LogP contribution in [0.15, 0.2) is 0 Å². The molecule has 0 spiro atoms. The van der Waals surface area contributed by atoms with Crippen LogP contribution in [0.2, 0.25) is 0 Å². The summed E-state index contributed by atoms with van der Waals surface area (Å²) in [5.74, 6) is -3.05. The van der Waals surface area contributed by atoms with Gasteiger partial charge in [0.25, 0.3) is 0 Å². The Bertz CT molecular complexity index is 853. The van der Waals surface area contributed by atoms with Gasteiger partial charge in [-0.25, -0.2) is 4.79 Å². The maximum absolute atomic E-state index is 13.6. The first-order chi connectivity index (χ1) is 17.0. The van der Waals surface area contributed by atoms with E-state index in [4.69, 9.17) is 23.7 Å². The Morgan fingerprint density at radius 3 is 2.25 bits per heavy atom. The van der Waals surface area contributed by atoms with Crippen molar-refractivity contribution in [3.8, 4) is 0 Å². The van der Waals surface area contributed by atoms with E-state index in [1.165, 1.54) is 0 Å². The fourth-order valence-electron chi connectivity index (χ4n) is 6.02. The molecule has 0 aromatic rings. The third-order valence-corrected chi connectivity index (χ3v) is 9.10. The quantitative estimate of drug-likeness (QED) is 0.157. The summed E-state index contributed by atoms with van der Waals surface area (Å²) < 4.78 is 28.2. The molecule has 9 nitrogen and oxygen atoms in total. The molecule has 1 saturated heterocycles. The highest BCUT2D eigenvalue weighted by Crippen LogP contribution is 2.63. The average molecular weight is 511 g/mol. The summed E-state index contributed by atoms with van der Waals surface area (Å²) in [6.45, 7) is 13.2. The second-order valence-corrected chi connectivity index (χ2v) is 11.0. The second kappa shape index (κ2) is 10.7. The molecular weight excluding hydrogens is 468 g/mol. The van der Waals surface area contributed by atoms with Crippen LogP contribution in [0, 0.1) is 28.1 Å². The maximum atomic E-state index is 13.6. The van der Waals surface area contributed by atoms with Crippen LogP contribution in [0.3, 0.4) is 0 Å². The van der Waals surface area contributed by atoms with Gasteiger partial charge < -0.3 is 23.7 Å². The normalized spacial score (nSPS) is 29.6. The van der Waals surface area contributed by atoms with Crippen molar-refractivity contribution in [2.24, 2.45) is 28.1 Å². The van der Waals surface area contributed by atoms with Gasteiger partial charge in [-0.2, -0.15) is 0 Å². The average Bonchev–Trinajstić information content (AvgIpc) is 3.46. The van der Waals surface area contributed by atoms with Gasteiger partial charge in [-0.3, -0.25) is 14.4 Å². The van der Waals surface area contributed by atoms with Crippen molar-refractivity contribution in [2.45, 2.75) is 105 Å². The molecule has 0 aromatic carbocycles. The molecule has 2 saturated carbocycles. The zero-order chi connectivity index (χ0) is 26.9. The standard InChI is InChI=1S/C27H42O9/c1-8-25(6,7)21(29)33-15-18(28)34-19-16-13-17-20(19)35-22(30)27(17,14-16)23(31)36-24(32-12-5)26(9-2,10-3)11-4/h16-17,19-20,24H,8-15H2,1-7H3. The van der Waals surface area contributed by atoms with Gasteiger partial charge in [-0.05, 0) is 59.3 Å². The number of hydrogen-bond donors (Lipinski definition) is 0. The van der Waals surface area contributed by atoms with Crippen LogP contribution >= 0.6 is 0 Å². The van der Waals surface area contributed by atoms with E-state index < -0.39 is 65.7 Å². The molecule has 36 heavy (non-hydrogen) atoms. The van der Waals surface area contributed by atoms with Gasteiger partial charge >= 0.3 is 23.9 Å². The van der Waals surface area contributed by atoms with Crippen molar-refractivity contribution in [1.29, 1.82) is 0 Å². The van der Waals surface area contributed by atoms with Gasteiger partial charge in [0, 0.05) is 23.9 Å². The number of ether oxygens (including phenoxy) is 5. The highest BCUT2D eigenvalue weighted by atomic mass is 16.7. The van der Waals surface area contributed by atoms with Gasteiger partial charge in [-0.1, -0.05) is 27.7 Å². The topological polar surface area (TPSA) is 114 Å². The summed E-state index contributed by atoms with van der Waals surface area (Å²) in [5, 5.41) is 0. The van der Waals surface area contributed by atoms with Crippen LogP contribution in [0.25, 0.3) is 0 Å². The molecule has 204 valence electrons. The van der Waals surface area contributed by atoms with Crippen molar-refractivity contribution in [3.05, 3.63) is 0 Å². The molecule has 3 rings (SSSR count). The first-order valence-electron chi connectivity index (χ1n) is 13.4. The predicted octanol–water partition coefficient (Wildman–Crippen LogP) is 3.95. The lowest BCUT2D eigenvalue weighted by molar-refractivity contribution is -0.223. The molecule has 3 fully saturated rings. The minimum Gasteiger partial charge on any atom is -0.457 e. The summed E-state index contributed by atoms with van der Waals surface area (Å²) in [5.41, 5.74) is -2.44. The second-order valence-electron chi connectivity index (χ2n) is 11.0. The van der Waals surface area contributed by atoms with Crippen LogP contribution < -0.4 is 0 Å². The fraction of sp³-hybridized carbons (Fsp3) is 0.852. The first-order valence-corrected chi connectivity index (χ1v) is 13.4. The molecule has 0 radical (unpaired) electrons. The molecule has 1 heterocycles. The fourth-order valence-corrected chi connectivity index (χ4v) is 6.02. The lowest BCUT2D eigenvalue weighted by atomic mass is 9.73. The SMILES string of the molecule is CCOC(OC(=O)C12CC3CC1C(OC2=O)C3OC(=O)COC(=O)C(C)(C)CC)C(CC)(CC)CC. The molecule has 2 aliphatic carbocycles. The Labute approximate surface area is 213 Å². The van der Waals surface area contributed by atoms with Crippen molar-refractivity contribution >= 4 is 23.9 Å². The van der Waals surface area contributed by atoms with Gasteiger partial charge in [-0.15, -0.1) is 0 Å². The molecule has 2 bridgehead atoms. The van der Waals surface area contributed by atoms with Crippen molar-refractivity contribution in [2.75, 3.05) is 13.2 Å². The molecule has 1 aliphatic heterocycles. The van der Waals surface area contributed by atoms with E-state index in [0.717, 1.165) is 19.3 Å². The molecule has 0 aromatic heterocycles. The monoisotopic (exact) mass is 510 g/mol. The smallest absolute Gasteiger partial charge is 0.344 e. The Morgan fingerprint density at radius 2 is 1.69 bits per heavy atom. The summed E-state index contributed by atoms with van der Waals surface area (Å²) in [6.07, 6.45) is 1.45. The third-order valence-electron chi connectivity index (χ3n) is 9.10. The zero-order valence-corrected chi connectivity index (χ0v) is 22.7. The van der Waals surface area contributed by atoms with Gasteiger partial charge in [0.2, 0.25) is 6.29 Å². The van der Waals surface area contributed by atoms with E-state index in [9.17, 15) is 19.2 Å².